The van der Waals surface area contributed by atoms with Gasteiger partial charge in [-0.15, -0.1) is 0 Å². The van der Waals surface area contributed by atoms with E-state index >= 15 is 0 Å². The summed E-state index contributed by atoms with van der Waals surface area (Å²) in [5.41, 5.74) is 5.56. The van der Waals surface area contributed by atoms with Crippen molar-refractivity contribution in [2.45, 2.75) is 38.3 Å². The number of ether oxygens (including phenoxy) is 1. The van der Waals surface area contributed by atoms with Crippen molar-refractivity contribution in [2.75, 3.05) is 39.4 Å². The van der Waals surface area contributed by atoms with E-state index in [2.05, 4.69) is 4.90 Å². The second-order valence-electron chi connectivity index (χ2n) is 6.48. The molecule has 19 heavy (non-hydrogen) atoms. The Morgan fingerprint density at radius 2 is 2.11 bits per heavy atom. The van der Waals surface area contributed by atoms with Crippen LogP contribution in [0.5, 0.6) is 0 Å². The smallest absolute Gasteiger partial charge is 0.232 e. The van der Waals surface area contributed by atoms with Crippen molar-refractivity contribution in [3.05, 3.63) is 0 Å². The predicted octanol–water partition coefficient (Wildman–Crippen LogP) is 0.0469. The summed E-state index contributed by atoms with van der Waals surface area (Å²) in [5, 5.41) is 0. The molecule has 5 heteroatoms. The number of fused-ring (bicyclic) bond motifs is 1. The van der Waals surface area contributed by atoms with Gasteiger partial charge in [0, 0.05) is 31.7 Å². The Bertz CT molecular complexity index is 363. The Kier molecular flexibility index (Phi) is 3.53. The topological polar surface area (TPSA) is 58.8 Å². The van der Waals surface area contributed by atoms with Gasteiger partial charge in [-0.3, -0.25) is 9.69 Å². The summed E-state index contributed by atoms with van der Waals surface area (Å²) in [6.45, 7) is 7.02. The van der Waals surface area contributed by atoms with Gasteiger partial charge in [0.15, 0.2) is 0 Å². The van der Waals surface area contributed by atoms with Gasteiger partial charge < -0.3 is 15.4 Å². The molecule has 0 aromatic heterocycles. The molecule has 1 amide bonds. The van der Waals surface area contributed by atoms with E-state index in [9.17, 15) is 4.79 Å². The molecule has 0 aromatic rings. The number of hydrogen-bond acceptors (Lipinski definition) is 4. The lowest BCUT2D eigenvalue weighted by Crippen LogP contribution is -2.53. The zero-order valence-corrected chi connectivity index (χ0v) is 11.8. The maximum absolute atomic E-state index is 12.8. The number of hydrogen-bond donors (Lipinski definition) is 1. The van der Waals surface area contributed by atoms with Crippen LogP contribution in [0.3, 0.4) is 0 Å². The van der Waals surface area contributed by atoms with Crippen LogP contribution in [-0.4, -0.2) is 67.2 Å². The fourth-order valence-corrected chi connectivity index (χ4v) is 3.66. The van der Waals surface area contributed by atoms with E-state index in [1.165, 1.54) is 19.4 Å². The lowest BCUT2D eigenvalue weighted by atomic mass is 9.84. The Morgan fingerprint density at radius 3 is 2.84 bits per heavy atom. The van der Waals surface area contributed by atoms with Gasteiger partial charge in [-0.1, -0.05) is 0 Å². The van der Waals surface area contributed by atoms with Crippen molar-refractivity contribution in [1.29, 1.82) is 0 Å². The first-order chi connectivity index (χ1) is 9.11. The molecule has 3 fully saturated rings. The minimum Gasteiger partial charge on any atom is -0.379 e. The highest BCUT2D eigenvalue weighted by Gasteiger charge is 2.47. The normalized spacial score (nSPS) is 40.2. The molecule has 3 rings (SSSR count). The molecule has 3 aliphatic rings. The Labute approximate surface area is 115 Å². The van der Waals surface area contributed by atoms with E-state index in [0.717, 1.165) is 26.1 Å². The average Bonchev–Trinajstić information content (AvgIpc) is 2.91. The van der Waals surface area contributed by atoms with Gasteiger partial charge in [0.25, 0.3) is 0 Å². The van der Waals surface area contributed by atoms with E-state index in [-0.39, 0.29) is 11.9 Å². The molecule has 108 valence electrons. The van der Waals surface area contributed by atoms with Gasteiger partial charge in [0.1, 0.15) is 0 Å². The summed E-state index contributed by atoms with van der Waals surface area (Å²) in [7, 11) is 0. The molecule has 3 heterocycles. The van der Waals surface area contributed by atoms with Crippen LogP contribution in [-0.2, 0) is 9.53 Å². The van der Waals surface area contributed by atoms with Gasteiger partial charge in [0.2, 0.25) is 5.91 Å². The van der Waals surface area contributed by atoms with Crippen LogP contribution < -0.4 is 5.73 Å². The molecule has 3 aliphatic heterocycles. The SMILES string of the molecule is CC1(C(=O)N2CCCN3CCCC3C2)COCC1N. The number of carbonyl (C=O) groups is 1. The summed E-state index contributed by atoms with van der Waals surface area (Å²) in [4.78, 5) is 17.4. The molecule has 0 saturated carbocycles. The monoisotopic (exact) mass is 267 g/mol. The predicted molar refractivity (Wildman–Crippen MR) is 72.7 cm³/mol. The lowest BCUT2D eigenvalue weighted by molar-refractivity contribution is -0.142. The van der Waals surface area contributed by atoms with Crippen LogP contribution in [0.1, 0.15) is 26.2 Å². The van der Waals surface area contributed by atoms with Crippen molar-refractivity contribution in [3.8, 4) is 0 Å². The molecule has 5 nitrogen and oxygen atoms in total. The maximum atomic E-state index is 12.8. The summed E-state index contributed by atoms with van der Waals surface area (Å²) < 4.78 is 5.42. The largest absolute Gasteiger partial charge is 0.379 e. The Balaban J connectivity index is 1.72. The molecular formula is C14H25N3O2. The zero-order chi connectivity index (χ0) is 13.5. The van der Waals surface area contributed by atoms with Crippen LogP contribution in [0.25, 0.3) is 0 Å². The van der Waals surface area contributed by atoms with E-state index in [1.54, 1.807) is 0 Å². The molecule has 0 spiro atoms. The van der Waals surface area contributed by atoms with Gasteiger partial charge in [-0.2, -0.15) is 0 Å². The van der Waals surface area contributed by atoms with Crippen LogP contribution in [0, 0.1) is 5.41 Å². The second-order valence-corrected chi connectivity index (χ2v) is 6.48. The first-order valence-corrected chi connectivity index (χ1v) is 7.48. The summed E-state index contributed by atoms with van der Waals surface area (Å²) >= 11 is 0. The lowest BCUT2D eigenvalue weighted by Gasteiger charge is -2.34. The van der Waals surface area contributed by atoms with Crippen molar-refractivity contribution in [2.24, 2.45) is 11.1 Å². The third-order valence-electron chi connectivity index (χ3n) is 5.10. The third kappa shape index (κ3) is 2.28. The zero-order valence-electron chi connectivity index (χ0n) is 11.8. The van der Waals surface area contributed by atoms with Crippen LogP contribution in [0.15, 0.2) is 0 Å². The van der Waals surface area contributed by atoms with Gasteiger partial charge in [-0.25, -0.2) is 0 Å². The molecule has 2 N–H and O–H groups in total. The first kappa shape index (κ1) is 13.3. The van der Waals surface area contributed by atoms with Crippen molar-refractivity contribution >= 4 is 5.91 Å². The van der Waals surface area contributed by atoms with E-state index in [0.29, 0.717) is 19.3 Å². The minimum absolute atomic E-state index is 0.164. The highest BCUT2D eigenvalue weighted by atomic mass is 16.5. The molecule has 0 bridgehead atoms. The Hall–Kier alpha value is -0.650. The van der Waals surface area contributed by atoms with E-state index in [4.69, 9.17) is 10.5 Å². The quantitative estimate of drug-likeness (QED) is 0.729. The number of nitrogens with zero attached hydrogens (tertiary/aromatic N) is 2. The third-order valence-corrected chi connectivity index (χ3v) is 5.10. The summed E-state index contributed by atoms with van der Waals surface area (Å²) in [6, 6.07) is 0.400. The molecule has 3 unspecified atom stereocenters. The van der Waals surface area contributed by atoms with E-state index in [1.807, 2.05) is 11.8 Å². The summed E-state index contributed by atoms with van der Waals surface area (Å²) in [6.07, 6.45) is 3.57. The molecular weight excluding hydrogens is 242 g/mol. The molecule has 3 saturated heterocycles. The number of nitrogens with two attached hydrogens (primary N) is 1. The van der Waals surface area contributed by atoms with Gasteiger partial charge in [0.05, 0.1) is 18.6 Å². The van der Waals surface area contributed by atoms with Crippen molar-refractivity contribution in [3.63, 3.8) is 0 Å². The fraction of sp³-hybridized carbons (Fsp3) is 0.929. The van der Waals surface area contributed by atoms with Crippen molar-refractivity contribution < 1.29 is 9.53 Å². The number of rotatable bonds is 1. The molecule has 3 atom stereocenters. The molecule has 0 aliphatic carbocycles. The van der Waals surface area contributed by atoms with Crippen LogP contribution >= 0.6 is 0 Å². The average molecular weight is 267 g/mol. The Morgan fingerprint density at radius 1 is 1.32 bits per heavy atom. The second kappa shape index (κ2) is 5.04. The highest BCUT2D eigenvalue weighted by Crippen LogP contribution is 2.31. The highest BCUT2D eigenvalue weighted by molar-refractivity contribution is 5.83. The standard InChI is InChI=1S/C14H25N3O2/c1-14(10-19-9-12(14)15)13(18)17-7-3-6-16-5-2-4-11(16)8-17/h11-12H,2-10,15H2,1H3. The molecule has 0 radical (unpaired) electrons. The maximum Gasteiger partial charge on any atom is 0.232 e. The first-order valence-electron chi connectivity index (χ1n) is 7.48. The van der Waals surface area contributed by atoms with Crippen LogP contribution in [0.4, 0.5) is 0 Å². The number of carbonyl (C=O) groups excluding carboxylic acids is 1. The van der Waals surface area contributed by atoms with Gasteiger partial charge >= 0.3 is 0 Å². The fourth-order valence-electron chi connectivity index (χ4n) is 3.66. The summed E-state index contributed by atoms with van der Waals surface area (Å²) in [5.74, 6) is 0.200. The van der Waals surface area contributed by atoms with Crippen molar-refractivity contribution in [1.82, 2.24) is 9.80 Å². The van der Waals surface area contributed by atoms with Gasteiger partial charge in [-0.05, 0) is 32.7 Å². The van der Waals surface area contributed by atoms with E-state index < -0.39 is 5.41 Å². The molecule has 0 aromatic carbocycles. The minimum atomic E-state index is -0.520. The van der Waals surface area contributed by atoms with Crippen LogP contribution in [0.2, 0.25) is 0 Å². The number of amides is 1.